The van der Waals surface area contributed by atoms with E-state index in [1.165, 1.54) is 36.4 Å². The molecule has 0 spiro atoms. The number of carbonyl (C=O) groups excluding carboxylic acids is 1. The number of benzene rings is 5. The molecule has 5 aromatic rings. The maximum Gasteiger partial charge on any atom is 0.264 e. The number of aryl methyl sites for hydroxylation is 2. The quantitative estimate of drug-likeness (QED) is 0.213. The summed E-state index contributed by atoms with van der Waals surface area (Å²) in [4.78, 5) is 13.2. The lowest BCUT2D eigenvalue weighted by atomic mass is 10.1. The van der Waals surface area contributed by atoms with Gasteiger partial charge < -0.3 is 5.32 Å². The van der Waals surface area contributed by atoms with Crippen LogP contribution in [-0.2, 0) is 24.8 Å². The fourth-order valence-corrected chi connectivity index (χ4v) is 6.93. The van der Waals surface area contributed by atoms with Crippen LogP contribution in [0.2, 0.25) is 0 Å². The lowest BCUT2D eigenvalue weighted by molar-refractivity contribution is -0.114. The zero-order valence-corrected chi connectivity index (χ0v) is 24.6. The van der Waals surface area contributed by atoms with Gasteiger partial charge in [-0.25, -0.2) is 16.8 Å². The maximum absolute atomic E-state index is 13.6. The van der Waals surface area contributed by atoms with Crippen molar-refractivity contribution in [1.82, 2.24) is 0 Å². The molecule has 0 heterocycles. The van der Waals surface area contributed by atoms with Gasteiger partial charge in [-0.3, -0.25) is 13.8 Å². The van der Waals surface area contributed by atoms with Crippen LogP contribution in [-0.4, -0.2) is 29.3 Å². The number of nitrogens with zero attached hydrogens (tertiary/aromatic N) is 1. The summed E-state index contributed by atoms with van der Waals surface area (Å²) in [5.74, 6) is -0.587. The standard InChI is InChI=1S/C32H29N3O5S2/c1-23-10-16-27(17-11-23)35(42(39,40)29-18-12-24(2)13-19-29)22-32(36)33-26-14-20-28(21-15-26)41(37,38)34-31-9-5-7-25-6-3-4-8-30(25)31/h3-21,34H,22H2,1-2H3,(H,33,36). The average Bonchev–Trinajstić information content (AvgIpc) is 2.97. The van der Waals surface area contributed by atoms with E-state index in [0.29, 0.717) is 17.1 Å². The normalized spacial score (nSPS) is 11.7. The number of nitrogens with one attached hydrogen (secondary N) is 2. The van der Waals surface area contributed by atoms with Crippen LogP contribution < -0.4 is 14.3 Å². The minimum absolute atomic E-state index is 0.0108. The van der Waals surface area contributed by atoms with Crippen LogP contribution in [0.4, 0.5) is 17.1 Å². The average molecular weight is 600 g/mol. The number of rotatable bonds is 9. The van der Waals surface area contributed by atoms with Crippen molar-refractivity contribution in [3.05, 3.63) is 126 Å². The van der Waals surface area contributed by atoms with Crippen molar-refractivity contribution in [2.45, 2.75) is 23.6 Å². The number of carbonyl (C=O) groups is 1. The van der Waals surface area contributed by atoms with E-state index in [1.54, 1.807) is 48.5 Å². The fourth-order valence-electron chi connectivity index (χ4n) is 4.43. The molecular weight excluding hydrogens is 571 g/mol. The van der Waals surface area contributed by atoms with Gasteiger partial charge in [-0.05, 0) is 73.8 Å². The lowest BCUT2D eigenvalue weighted by Gasteiger charge is -2.24. The molecule has 214 valence electrons. The summed E-state index contributed by atoms with van der Waals surface area (Å²) in [6, 6.07) is 31.8. The molecule has 1 amide bonds. The number of anilines is 3. The van der Waals surface area contributed by atoms with Crippen LogP contribution in [0, 0.1) is 13.8 Å². The number of amides is 1. The molecule has 5 rings (SSSR count). The van der Waals surface area contributed by atoms with Gasteiger partial charge in [0.1, 0.15) is 6.54 Å². The van der Waals surface area contributed by atoms with E-state index in [9.17, 15) is 21.6 Å². The molecule has 8 nitrogen and oxygen atoms in total. The first kappa shape index (κ1) is 28.8. The summed E-state index contributed by atoms with van der Waals surface area (Å²) >= 11 is 0. The van der Waals surface area contributed by atoms with Gasteiger partial charge in [-0.15, -0.1) is 0 Å². The number of sulfonamides is 2. The van der Waals surface area contributed by atoms with Gasteiger partial charge in [0.2, 0.25) is 5.91 Å². The predicted molar refractivity (Wildman–Crippen MR) is 167 cm³/mol. The predicted octanol–water partition coefficient (Wildman–Crippen LogP) is 6.09. The lowest BCUT2D eigenvalue weighted by Crippen LogP contribution is -2.38. The van der Waals surface area contributed by atoms with E-state index >= 15 is 0 Å². The van der Waals surface area contributed by atoms with Gasteiger partial charge in [0.25, 0.3) is 20.0 Å². The molecule has 0 unspecified atom stereocenters. The van der Waals surface area contributed by atoms with Crippen molar-refractivity contribution in [2.75, 3.05) is 20.9 Å². The Morgan fingerprint density at radius 3 is 1.90 bits per heavy atom. The molecule has 0 aromatic heterocycles. The number of hydrogen-bond donors (Lipinski definition) is 2. The van der Waals surface area contributed by atoms with Crippen molar-refractivity contribution < 1.29 is 21.6 Å². The first-order valence-corrected chi connectivity index (χ1v) is 16.0. The summed E-state index contributed by atoms with van der Waals surface area (Å²) in [5.41, 5.74) is 2.97. The zero-order valence-electron chi connectivity index (χ0n) is 23.0. The first-order valence-electron chi connectivity index (χ1n) is 13.1. The van der Waals surface area contributed by atoms with E-state index in [2.05, 4.69) is 10.0 Å². The van der Waals surface area contributed by atoms with Crippen molar-refractivity contribution in [1.29, 1.82) is 0 Å². The van der Waals surface area contributed by atoms with E-state index in [1.807, 2.05) is 44.2 Å². The molecular formula is C32H29N3O5S2. The third kappa shape index (κ3) is 6.29. The largest absolute Gasteiger partial charge is 0.325 e. The number of hydrogen-bond acceptors (Lipinski definition) is 5. The molecule has 0 saturated carbocycles. The van der Waals surface area contributed by atoms with E-state index in [-0.39, 0.29) is 9.79 Å². The smallest absolute Gasteiger partial charge is 0.264 e. The van der Waals surface area contributed by atoms with Gasteiger partial charge >= 0.3 is 0 Å². The van der Waals surface area contributed by atoms with Crippen LogP contribution in [0.15, 0.2) is 125 Å². The maximum atomic E-state index is 13.6. The van der Waals surface area contributed by atoms with Crippen molar-refractivity contribution >= 4 is 53.8 Å². The first-order chi connectivity index (χ1) is 20.0. The highest BCUT2D eigenvalue weighted by atomic mass is 32.2. The fraction of sp³-hybridized carbons (Fsp3) is 0.0938. The second-order valence-corrected chi connectivity index (χ2v) is 13.4. The third-order valence-corrected chi connectivity index (χ3v) is 9.87. The molecule has 0 aliphatic carbocycles. The van der Waals surface area contributed by atoms with Crippen molar-refractivity contribution in [3.8, 4) is 0 Å². The van der Waals surface area contributed by atoms with E-state index in [0.717, 1.165) is 26.2 Å². The van der Waals surface area contributed by atoms with Crippen molar-refractivity contribution in [3.63, 3.8) is 0 Å². The molecule has 5 aromatic carbocycles. The molecule has 0 aliphatic heterocycles. The Morgan fingerprint density at radius 2 is 1.24 bits per heavy atom. The van der Waals surface area contributed by atoms with Gasteiger partial charge in [0.15, 0.2) is 0 Å². The molecule has 0 fully saturated rings. The molecule has 42 heavy (non-hydrogen) atoms. The highest BCUT2D eigenvalue weighted by Gasteiger charge is 2.27. The van der Waals surface area contributed by atoms with Crippen LogP contribution in [0.3, 0.4) is 0 Å². The highest BCUT2D eigenvalue weighted by Crippen LogP contribution is 2.27. The topological polar surface area (TPSA) is 113 Å². The molecule has 10 heteroatoms. The Hall–Kier alpha value is -4.67. The van der Waals surface area contributed by atoms with Crippen molar-refractivity contribution in [2.24, 2.45) is 0 Å². The Labute approximate surface area is 245 Å². The van der Waals surface area contributed by atoms with Crippen LogP contribution >= 0.6 is 0 Å². The molecule has 0 atom stereocenters. The molecule has 2 N–H and O–H groups in total. The molecule has 0 saturated heterocycles. The third-order valence-electron chi connectivity index (χ3n) is 6.70. The summed E-state index contributed by atoms with van der Waals surface area (Å²) in [6.07, 6.45) is 0. The molecule has 0 bridgehead atoms. The van der Waals surface area contributed by atoms with Crippen LogP contribution in [0.1, 0.15) is 11.1 Å². The van der Waals surface area contributed by atoms with Crippen LogP contribution in [0.25, 0.3) is 10.8 Å². The Balaban J connectivity index is 1.34. The van der Waals surface area contributed by atoms with E-state index < -0.39 is 32.5 Å². The number of fused-ring (bicyclic) bond motifs is 1. The van der Waals surface area contributed by atoms with Crippen LogP contribution in [0.5, 0.6) is 0 Å². The summed E-state index contributed by atoms with van der Waals surface area (Å²) in [7, 11) is -7.97. The van der Waals surface area contributed by atoms with Gasteiger partial charge in [0, 0.05) is 11.1 Å². The van der Waals surface area contributed by atoms with Gasteiger partial charge in [-0.2, -0.15) is 0 Å². The SMILES string of the molecule is Cc1ccc(N(CC(=O)Nc2ccc(S(=O)(=O)Nc3cccc4ccccc34)cc2)S(=O)(=O)c2ccc(C)cc2)cc1. The summed E-state index contributed by atoms with van der Waals surface area (Å²) in [5, 5.41) is 4.35. The summed E-state index contributed by atoms with van der Waals surface area (Å²) < 4.78 is 57.0. The minimum atomic E-state index is -4.06. The zero-order chi connectivity index (χ0) is 29.9. The second-order valence-electron chi connectivity index (χ2n) is 9.87. The molecule has 0 aliphatic rings. The Bertz CT molecular complexity index is 1950. The highest BCUT2D eigenvalue weighted by molar-refractivity contribution is 7.93. The van der Waals surface area contributed by atoms with Gasteiger partial charge in [-0.1, -0.05) is 71.8 Å². The Morgan fingerprint density at radius 1 is 0.667 bits per heavy atom. The molecule has 0 radical (unpaired) electrons. The Kier molecular flexibility index (Phi) is 8.02. The second kappa shape index (κ2) is 11.7. The monoisotopic (exact) mass is 599 g/mol. The van der Waals surface area contributed by atoms with Gasteiger partial charge in [0.05, 0.1) is 21.2 Å². The minimum Gasteiger partial charge on any atom is -0.325 e. The van der Waals surface area contributed by atoms with E-state index in [4.69, 9.17) is 0 Å². The summed E-state index contributed by atoms with van der Waals surface area (Å²) in [6.45, 7) is 3.26.